The van der Waals surface area contributed by atoms with Gasteiger partial charge in [-0.2, -0.15) is 0 Å². The normalized spacial score (nSPS) is 19.3. The number of aromatic hydroxyl groups is 1. The molecule has 0 aromatic heterocycles. The van der Waals surface area contributed by atoms with E-state index in [1.165, 1.54) is 6.07 Å². The van der Waals surface area contributed by atoms with Crippen LogP contribution < -0.4 is 5.32 Å². The van der Waals surface area contributed by atoms with Crippen LogP contribution >= 0.6 is 0 Å². The van der Waals surface area contributed by atoms with Gasteiger partial charge in [-0.15, -0.1) is 0 Å². The van der Waals surface area contributed by atoms with Gasteiger partial charge in [0, 0.05) is 44.5 Å². The Bertz CT molecular complexity index is 565. The minimum Gasteiger partial charge on any atom is -0.505 e. The average Bonchev–Trinajstić information content (AvgIpc) is 2.53. The van der Waals surface area contributed by atoms with Crippen molar-refractivity contribution in [3.63, 3.8) is 0 Å². The van der Waals surface area contributed by atoms with Crippen LogP contribution in [0.25, 0.3) is 0 Å². The fraction of sp³-hybridized carbons (Fsp3) is 0.400. The van der Waals surface area contributed by atoms with Crippen LogP contribution in [0.15, 0.2) is 35.1 Å². The number of phenolic OH excluding ortho intramolecular Hbond substituents is 1. The maximum atomic E-state index is 13.3. The maximum absolute atomic E-state index is 13.3. The SMILES string of the molecule is Oc1c(F)cccc1CN1CCN(C2=CC=NCN2)CC1. The van der Waals surface area contributed by atoms with Crippen LogP contribution in [0.4, 0.5) is 4.39 Å². The van der Waals surface area contributed by atoms with Gasteiger partial charge in [-0.1, -0.05) is 12.1 Å². The molecule has 1 saturated heterocycles. The van der Waals surface area contributed by atoms with Gasteiger partial charge >= 0.3 is 0 Å². The molecule has 2 N–H and O–H groups in total. The molecule has 112 valence electrons. The molecule has 2 aliphatic heterocycles. The second-order valence-electron chi connectivity index (χ2n) is 5.23. The molecule has 0 radical (unpaired) electrons. The Morgan fingerprint density at radius 1 is 1.24 bits per heavy atom. The minimum atomic E-state index is -0.554. The van der Waals surface area contributed by atoms with Gasteiger partial charge in [0.2, 0.25) is 0 Å². The largest absolute Gasteiger partial charge is 0.505 e. The van der Waals surface area contributed by atoms with E-state index in [4.69, 9.17) is 0 Å². The molecule has 6 heteroatoms. The second-order valence-corrected chi connectivity index (χ2v) is 5.23. The molecule has 1 aromatic rings. The molecular formula is C15H19FN4O. The van der Waals surface area contributed by atoms with Crippen molar-refractivity contribution in [2.75, 3.05) is 32.8 Å². The second kappa shape index (κ2) is 6.13. The standard InChI is InChI=1S/C15H19FN4O/c16-13-3-1-2-12(15(13)21)10-19-6-8-20(9-7-19)14-4-5-17-11-18-14/h1-5,18,21H,6-11H2. The molecule has 2 aliphatic rings. The van der Waals surface area contributed by atoms with Gasteiger partial charge in [0.05, 0.1) is 0 Å². The molecule has 0 saturated carbocycles. The first-order chi connectivity index (χ1) is 10.2. The van der Waals surface area contributed by atoms with E-state index in [0.29, 0.717) is 18.8 Å². The number of hydrogen-bond donors (Lipinski definition) is 2. The van der Waals surface area contributed by atoms with Gasteiger partial charge in [0.1, 0.15) is 12.5 Å². The summed E-state index contributed by atoms with van der Waals surface area (Å²) in [5, 5.41) is 13.0. The van der Waals surface area contributed by atoms with Gasteiger partial charge in [-0.3, -0.25) is 9.89 Å². The monoisotopic (exact) mass is 290 g/mol. The number of aliphatic imine (C=N–C) groups is 1. The number of rotatable bonds is 3. The number of benzene rings is 1. The minimum absolute atomic E-state index is 0.229. The summed E-state index contributed by atoms with van der Waals surface area (Å²) in [6.45, 7) is 4.78. The van der Waals surface area contributed by atoms with E-state index < -0.39 is 5.82 Å². The smallest absolute Gasteiger partial charge is 0.165 e. The quantitative estimate of drug-likeness (QED) is 0.876. The number of nitrogens with one attached hydrogen (secondary N) is 1. The summed E-state index contributed by atoms with van der Waals surface area (Å²) in [5.41, 5.74) is 0.644. The Morgan fingerprint density at radius 2 is 2.05 bits per heavy atom. The summed E-state index contributed by atoms with van der Waals surface area (Å²) >= 11 is 0. The zero-order valence-corrected chi connectivity index (χ0v) is 11.8. The third-order valence-electron chi connectivity index (χ3n) is 3.87. The maximum Gasteiger partial charge on any atom is 0.165 e. The molecule has 0 bridgehead atoms. The molecule has 0 spiro atoms. The van der Waals surface area contributed by atoms with Crippen LogP contribution in [0.1, 0.15) is 5.56 Å². The Hall–Kier alpha value is -2.08. The average molecular weight is 290 g/mol. The molecule has 1 fully saturated rings. The highest BCUT2D eigenvalue weighted by atomic mass is 19.1. The lowest BCUT2D eigenvalue weighted by Crippen LogP contribution is -2.48. The van der Waals surface area contributed by atoms with E-state index in [1.807, 2.05) is 12.3 Å². The molecule has 21 heavy (non-hydrogen) atoms. The molecular weight excluding hydrogens is 271 g/mol. The number of allylic oxidation sites excluding steroid dienone is 1. The van der Waals surface area contributed by atoms with E-state index in [2.05, 4.69) is 20.1 Å². The van der Waals surface area contributed by atoms with E-state index in [-0.39, 0.29) is 5.75 Å². The van der Waals surface area contributed by atoms with Gasteiger partial charge < -0.3 is 15.3 Å². The van der Waals surface area contributed by atoms with Gasteiger partial charge in [-0.05, 0) is 12.1 Å². The van der Waals surface area contributed by atoms with Crippen LogP contribution in [-0.4, -0.2) is 54.0 Å². The van der Waals surface area contributed by atoms with Gasteiger partial charge in [-0.25, -0.2) is 4.39 Å². The van der Waals surface area contributed by atoms with Crippen molar-refractivity contribution in [3.8, 4) is 5.75 Å². The molecule has 0 amide bonds. The zero-order valence-electron chi connectivity index (χ0n) is 11.8. The molecule has 0 aliphatic carbocycles. The van der Waals surface area contributed by atoms with Gasteiger partial charge in [0.15, 0.2) is 11.6 Å². The summed E-state index contributed by atoms with van der Waals surface area (Å²) in [4.78, 5) is 8.61. The van der Waals surface area contributed by atoms with Crippen molar-refractivity contribution in [1.82, 2.24) is 15.1 Å². The predicted octanol–water partition coefficient (Wildman–Crippen LogP) is 1.12. The number of piperazine rings is 1. The van der Waals surface area contributed by atoms with E-state index >= 15 is 0 Å². The van der Waals surface area contributed by atoms with Crippen LogP contribution in [0.3, 0.4) is 0 Å². The van der Waals surface area contributed by atoms with Crippen molar-refractivity contribution in [2.45, 2.75) is 6.54 Å². The van der Waals surface area contributed by atoms with Crippen molar-refractivity contribution in [1.29, 1.82) is 0 Å². The summed E-state index contributed by atoms with van der Waals surface area (Å²) in [7, 11) is 0. The number of halogens is 1. The topological polar surface area (TPSA) is 51.1 Å². The summed E-state index contributed by atoms with van der Waals surface area (Å²) in [6.07, 6.45) is 3.81. The summed E-state index contributed by atoms with van der Waals surface area (Å²) < 4.78 is 13.3. The van der Waals surface area contributed by atoms with Crippen LogP contribution in [0.2, 0.25) is 0 Å². The number of phenols is 1. The Morgan fingerprint density at radius 3 is 2.76 bits per heavy atom. The van der Waals surface area contributed by atoms with Crippen LogP contribution in [0, 0.1) is 5.82 Å². The van der Waals surface area contributed by atoms with Crippen molar-refractivity contribution in [2.24, 2.45) is 4.99 Å². The van der Waals surface area contributed by atoms with E-state index in [1.54, 1.807) is 12.1 Å². The van der Waals surface area contributed by atoms with E-state index in [0.717, 1.165) is 32.0 Å². The van der Waals surface area contributed by atoms with Crippen molar-refractivity contribution < 1.29 is 9.50 Å². The number of hydrogen-bond acceptors (Lipinski definition) is 5. The lowest BCUT2D eigenvalue weighted by atomic mass is 10.1. The van der Waals surface area contributed by atoms with Crippen molar-refractivity contribution >= 4 is 6.21 Å². The highest BCUT2D eigenvalue weighted by Crippen LogP contribution is 2.22. The first-order valence-corrected chi connectivity index (χ1v) is 7.11. The molecule has 0 atom stereocenters. The first-order valence-electron chi connectivity index (χ1n) is 7.11. The Labute approximate surface area is 123 Å². The van der Waals surface area contributed by atoms with Gasteiger partial charge in [0.25, 0.3) is 0 Å². The fourth-order valence-electron chi connectivity index (χ4n) is 2.65. The van der Waals surface area contributed by atoms with Crippen LogP contribution in [-0.2, 0) is 6.54 Å². The number of nitrogens with zero attached hydrogens (tertiary/aromatic N) is 3. The van der Waals surface area contributed by atoms with Crippen LogP contribution in [0.5, 0.6) is 5.75 Å². The highest BCUT2D eigenvalue weighted by Gasteiger charge is 2.20. The Balaban J connectivity index is 1.57. The fourth-order valence-corrected chi connectivity index (χ4v) is 2.65. The Kier molecular flexibility index (Phi) is 4.06. The first kappa shape index (κ1) is 13.9. The number of para-hydroxylation sites is 1. The van der Waals surface area contributed by atoms with Crippen molar-refractivity contribution in [3.05, 3.63) is 41.5 Å². The molecule has 0 unspecified atom stereocenters. The molecule has 1 aromatic carbocycles. The third kappa shape index (κ3) is 3.16. The molecule has 2 heterocycles. The summed E-state index contributed by atoms with van der Waals surface area (Å²) in [5.74, 6) is 0.327. The zero-order chi connectivity index (χ0) is 14.7. The lowest BCUT2D eigenvalue weighted by Gasteiger charge is -2.37. The summed E-state index contributed by atoms with van der Waals surface area (Å²) in [6, 6.07) is 4.68. The third-order valence-corrected chi connectivity index (χ3v) is 3.87. The molecule has 5 nitrogen and oxygen atoms in total. The lowest BCUT2D eigenvalue weighted by molar-refractivity contribution is 0.145. The predicted molar refractivity (Wildman–Crippen MR) is 79.5 cm³/mol. The highest BCUT2D eigenvalue weighted by molar-refractivity contribution is 5.72. The molecule has 3 rings (SSSR count). The van der Waals surface area contributed by atoms with E-state index in [9.17, 15) is 9.50 Å².